The highest BCUT2D eigenvalue weighted by Gasteiger charge is 2.14. The minimum atomic E-state index is 0.0818. The number of hydrogen-bond donors (Lipinski definition) is 0. The molecule has 3 nitrogen and oxygen atoms in total. The molecular formula is C22H29NO2. The smallest absolute Gasteiger partial charge is 0.130 e. The summed E-state index contributed by atoms with van der Waals surface area (Å²) in [6.45, 7) is 10.0. The standard InChI is InChI=1S/C22H29NO2/c1-6-17-9-8-10-18(7-2)22(17)20-13-21(25-15(3)4)19(14-23-20)12-11-16(5)24/h8-10,13-15H,6-7,11-12H2,1-5H3. The Balaban J connectivity index is 2.51. The predicted octanol–water partition coefficient (Wildman–Crippen LogP) is 5.18. The van der Waals surface area contributed by atoms with E-state index in [9.17, 15) is 4.79 Å². The molecular weight excluding hydrogens is 310 g/mol. The second kappa shape index (κ2) is 8.80. The maximum Gasteiger partial charge on any atom is 0.130 e. The molecule has 25 heavy (non-hydrogen) atoms. The van der Waals surface area contributed by atoms with Gasteiger partial charge >= 0.3 is 0 Å². The van der Waals surface area contributed by atoms with E-state index in [0.29, 0.717) is 12.8 Å². The van der Waals surface area contributed by atoms with Crippen molar-refractivity contribution in [2.24, 2.45) is 0 Å². The lowest BCUT2D eigenvalue weighted by atomic mass is 9.94. The summed E-state index contributed by atoms with van der Waals surface area (Å²) in [5.41, 5.74) is 5.79. The first-order chi connectivity index (χ1) is 12.0. The number of benzene rings is 1. The molecule has 1 aromatic heterocycles. The number of Topliss-reactive ketones (excluding diaryl/α,β-unsaturated/α-hetero) is 1. The summed E-state index contributed by atoms with van der Waals surface area (Å²) in [4.78, 5) is 16.1. The van der Waals surface area contributed by atoms with E-state index in [2.05, 4.69) is 32.0 Å². The molecule has 2 aromatic rings. The molecule has 0 spiro atoms. The Morgan fingerprint density at radius 3 is 2.28 bits per heavy atom. The lowest BCUT2D eigenvalue weighted by Gasteiger charge is -2.17. The molecule has 1 aromatic carbocycles. The van der Waals surface area contributed by atoms with Gasteiger partial charge in [0.25, 0.3) is 0 Å². The highest BCUT2D eigenvalue weighted by molar-refractivity contribution is 5.76. The van der Waals surface area contributed by atoms with Crippen LogP contribution in [-0.4, -0.2) is 16.9 Å². The lowest BCUT2D eigenvalue weighted by molar-refractivity contribution is -0.116. The van der Waals surface area contributed by atoms with Gasteiger partial charge in [0.15, 0.2) is 0 Å². The van der Waals surface area contributed by atoms with Gasteiger partial charge in [-0.05, 0) is 51.2 Å². The number of nitrogens with zero attached hydrogens (tertiary/aromatic N) is 1. The van der Waals surface area contributed by atoms with E-state index in [1.807, 2.05) is 26.1 Å². The van der Waals surface area contributed by atoms with Crippen LogP contribution in [0.3, 0.4) is 0 Å². The Morgan fingerprint density at radius 1 is 1.12 bits per heavy atom. The SMILES string of the molecule is CCc1cccc(CC)c1-c1cc(OC(C)C)c(CCC(C)=O)cn1. The largest absolute Gasteiger partial charge is 0.491 e. The molecule has 1 heterocycles. The van der Waals surface area contributed by atoms with Gasteiger partial charge in [-0.3, -0.25) is 4.98 Å². The van der Waals surface area contributed by atoms with E-state index in [-0.39, 0.29) is 11.9 Å². The van der Waals surface area contributed by atoms with Gasteiger partial charge in [0.1, 0.15) is 11.5 Å². The topological polar surface area (TPSA) is 39.2 Å². The molecule has 0 unspecified atom stereocenters. The third kappa shape index (κ3) is 4.91. The summed E-state index contributed by atoms with van der Waals surface area (Å²) in [6.07, 6.45) is 5.08. The fraction of sp³-hybridized carbons (Fsp3) is 0.455. The zero-order valence-electron chi connectivity index (χ0n) is 16.1. The van der Waals surface area contributed by atoms with Crippen LogP contribution in [0.15, 0.2) is 30.5 Å². The zero-order chi connectivity index (χ0) is 18.4. The molecule has 134 valence electrons. The van der Waals surface area contributed by atoms with Crippen LogP contribution < -0.4 is 4.74 Å². The average Bonchev–Trinajstić information content (AvgIpc) is 2.59. The monoisotopic (exact) mass is 339 g/mol. The van der Waals surface area contributed by atoms with Crippen LogP contribution in [0.25, 0.3) is 11.3 Å². The fourth-order valence-electron chi connectivity index (χ4n) is 3.04. The normalized spacial score (nSPS) is 11.0. The number of aryl methyl sites for hydroxylation is 3. The number of ketones is 1. The van der Waals surface area contributed by atoms with Crippen molar-refractivity contribution in [2.75, 3.05) is 0 Å². The molecule has 0 bridgehead atoms. The van der Waals surface area contributed by atoms with Gasteiger partial charge in [-0.2, -0.15) is 0 Å². The molecule has 0 fully saturated rings. The summed E-state index contributed by atoms with van der Waals surface area (Å²) in [7, 11) is 0. The maximum atomic E-state index is 11.3. The van der Waals surface area contributed by atoms with Crippen molar-refractivity contribution in [2.45, 2.75) is 66.4 Å². The fourth-order valence-corrected chi connectivity index (χ4v) is 3.04. The minimum Gasteiger partial charge on any atom is -0.491 e. The first-order valence-corrected chi connectivity index (χ1v) is 9.22. The van der Waals surface area contributed by atoms with Gasteiger partial charge in [-0.15, -0.1) is 0 Å². The molecule has 0 saturated carbocycles. The number of carbonyl (C=O) groups is 1. The van der Waals surface area contributed by atoms with Crippen LogP contribution in [0.4, 0.5) is 0 Å². The van der Waals surface area contributed by atoms with Crippen LogP contribution in [-0.2, 0) is 24.1 Å². The number of hydrogen-bond acceptors (Lipinski definition) is 3. The summed E-state index contributed by atoms with van der Waals surface area (Å²) in [6, 6.07) is 8.50. The molecule has 3 heteroatoms. The van der Waals surface area contributed by atoms with Crippen molar-refractivity contribution < 1.29 is 9.53 Å². The lowest BCUT2D eigenvalue weighted by Crippen LogP contribution is -2.09. The van der Waals surface area contributed by atoms with Gasteiger partial charge in [0, 0.05) is 29.8 Å². The van der Waals surface area contributed by atoms with E-state index >= 15 is 0 Å². The van der Waals surface area contributed by atoms with Crippen LogP contribution in [0.2, 0.25) is 0 Å². The van der Waals surface area contributed by atoms with Crippen molar-refractivity contribution >= 4 is 5.78 Å². The summed E-state index contributed by atoms with van der Waals surface area (Å²) in [5.74, 6) is 1.03. The van der Waals surface area contributed by atoms with Crippen LogP contribution in [0.5, 0.6) is 5.75 Å². The molecule has 2 rings (SSSR count). The van der Waals surface area contributed by atoms with Gasteiger partial charge < -0.3 is 9.53 Å². The highest BCUT2D eigenvalue weighted by atomic mass is 16.5. The molecule has 0 amide bonds. The quantitative estimate of drug-likeness (QED) is 0.665. The molecule has 0 atom stereocenters. The van der Waals surface area contributed by atoms with E-state index in [1.165, 1.54) is 16.7 Å². The van der Waals surface area contributed by atoms with Crippen molar-refractivity contribution in [1.82, 2.24) is 4.98 Å². The van der Waals surface area contributed by atoms with Crippen LogP contribution in [0.1, 0.15) is 57.7 Å². The number of carbonyl (C=O) groups excluding carboxylic acids is 1. The Bertz CT molecular complexity index is 713. The van der Waals surface area contributed by atoms with Crippen molar-refractivity contribution in [3.8, 4) is 17.0 Å². The van der Waals surface area contributed by atoms with Crippen LogP contribution in [0, 0.1) is 0 Å². The van der Waals surface area contributed by atoms with E-state index in [0.717, 1.165) is 29.8 Å². The first kappa shape index (κ1) is 19.2. The van der Waals surface area contributed by atoms with Crippen molar-refractivity contribution in [3.05, 3.63) is 47.2 Å². The molecule has 0 N–H and O–H groups in total. The molecule has 0 saturated heterocycles. The molecule has 0 aliphatic carbocycles. The molecule has 0 radical (unpaired) electrons. The second-order valence-corrected chi connectivity index (χ2v) is 6.70. The number of ether oxygens (including phenoxy) is 1. The molecule has 0 aliphatic heterocycles. The maximum absolute atomic E-state index is 11.3. The number of rotatable bonds is 8. The minimum absolute atomic E-state index is 0.0818. The summed E-state index contributed by atoms with van der Waals surface area (Å²) >= 11 is 0. The third-order valence-corrected chi connectivity index (χ3v) is 4.31. The Hall–Kier alpha value is -2.16. The van der Waals surface area contributed by atoms with Gasteiger partial charge in [-0.25, -0.2) is 0 Å². The Morgan fingerprint density at radius 2 is 1.76 bits per heavy atom. The Kier molecular flexibility index (Phi) is 6.74. The van der Waals surface area contributed by atoms with E-state index in [1.54, 1.807) is 6.92 Å². The van der Waals surface area contributed by atoms with Gasteiger partial charge in [-0.1, -0.05) is 32.0 Å². The van der Waals surface area contributed by atoms with E-state index in [4.69, 9.17) is 9.72 Å². The highest BCUT2D eigenvalue weighted by Crippen LogP contribution is 2.32. The van der Waals surface area contributed by atoms with Crippen molar-refractivity contribution in [1.29, 1.82) is 0 Å². The zero-order valence-corrected chi connectivity index (χ0v) is 16.1. The number of aromatic nitrogens is 1. The second-order valence-electron chi connectivity index (χ2n) is 6.70. The van der Waals surface area contributed by atoms with Gasteiger partial charge in [0.05, 0.1) is 11.8 Å². The predicted molar refractivity (Wildman–Crippen MR) is 103 cm³/mol. The van der Waals surface area contributed by atoms with E-state index < -0.39 is 0 Å². The average molecular weight is 339 g/mol. The molecule has 0 aliphatic rings. The summed E-state index contributed by atoms with van der Waals surface area (Å²) < 4.78 is 6.04. The number of pyridine rings is 1. The third-order valence-electron chi connectivity index (χ3n) is 4.31. The summed E-state index contributed by atoms with van der Waals surface area (Å²) in [5, 5.41) is 0. The van der Waals surface area contributed by atoms with Crippen LogP contribution >= 0.6 is 0 Å². The van der Waals surface area contributed by atoms with Gasteiger partial charge in [0.2, 0.25) is 0 Å². The van der Waals surface area contributed by atoms with Crippen molar-refractivity contribution in [3.63, 3.8) is 0 Å². The first-order valence-electron chi connectivity index (χ1n) is 9.22. The Labute approximate surface area is 151 Å².